The van der Waals surface area contributed by atoms with Crippen LogP contribution in [0, 0.1) is 5.82 Å². The number of hydrogen-bond acceptors (Lipinski definition) is 4. The van der Waals surface area contributed by atoms with Crippen LogP contribution in [-0.2, 0) is 4.74 Å². The Hall–Kier alpha value is -1.66. The Morgan fingerprint density at radius 3 is 3.00 bits per heavy atom. The summed E-state index contributed by atoms with van der Waals surface area (Å²) in [5, 5.41) is 9.65. The standard InChI is InChI=1S/C13H17FN2O3/c1-8-6-16(7-10(5-15)19-8)13(18)11-4-9(14)2-3-12(11)17/h2-4,8,10,17H,5-7,15H2,1H3. The van der Waals surface area contributed by atoms with Crippen molar-refractivity contribution >= 4 is 5.91 Å². The van der Waals surface area contributed by atoms with Crippen molar-refractivity contribution in [3.63, 3.8) is 0 Å². The minimum Gasteiger partial charge on any atom is -0.507 e. The van der Waals surface area contributed by atoms with E-state index in [9.17, 15) is 14.3 Å². The maximum absolute atomic E-state index is 13.2. The van der Waals surface area contributed by atoms with Crippen molar-refractivity contribution in [2.75, 3.05) is 19.6 Å². The molecule has 0 aliphatic carbocycles. The molecule has 19 heavy (non-hydrogen) atoms. The van der Waals surface area contributed by atoms with Crippen LogP contribution in [0.4, 0.5) is 4.39 Å². The maximum Gasteiger partial charge on any atom is 0.257 e. The van der Waals surface area contributed by atoms with Crippen molar-refractivity contribution in [1.29, 1.82) is 0 Å². The minimum absolute atomic E-state index is 0.0372. The molecule has 0 aromatic heterocycles. The van der Waals surface area contributed by atoms with Crippen molar-refractivity contribution in [2.45, 2.75) is 19.1 Å². The molecule has 1 amide bonds. The number of nitrogens with two attached hydrogens (primary N) is 1. The van der Waals surface area contributed by atoms with Crippen molar-refractivity contribution in [1.82, 2.24) is 4.90 Å². The Morgan fingerprint density at radius 1 is 1.58 bits per heavy atom. The zero-order valence-electron chi connectivity index (χ0n) is 10.7. The number of phenolic OH excluding ortho intramolecular Hbond substituents is 1. The maximum atomic E-state index is 13.2. The van der Waals surface area contributed by atoms with Crippen LogP contribution in [0.5, 0.6) is 5.75 Å². The molecule has 1 aliphatic rings. The second-order valence-corrected chi connectivity index (χ2v) is 4.68. The molecule has 1 aromatic carbocycles. The van der Waals surface area contributed by atoms with E-state index < -0.39 is 11.7 Å². The van der Waals surface area contributed by atoms with E-state index in [1.54, 1.807) is 0 Å². The van der Waals surface area contributed by atoms with Crippen LogP contribution in [0.15, 0.2) is 18.2 Å². The lowest BCUT2D eigenvalue weighted by molar-refractivity contribution is -0.0626. The number of ether oxygens (including phenoxy) is 1. The Bertz CT molecular complexity index is 481. The molecule has 1 aliphatic heterocycles. The first-order chi connectivity index (χ1) is 9.01. The van der Waals surface area contributed by atoms with Gasteiger partial charge < -0.3 is 20.5 Å². The zero-order chi connectivity index (χ0) is 14.0. The van der Waals surface area contributed by atoms with E-state index >= 15 is 0 Å². The number of phenols is 1. The lowest BCUT2D eigenvalue weighted by Gasteiger charge is -2.36. The van der Waals surface area contributed by atoms with Crippen LogP contribution in [0.2, 0.25) is 0 Å². The molecule has 0 spiro atoms. The smallest absolute Gasteiger partial charge is 0.257 e. The number of nitrogens with zero attached hydrogens (tertiary/aromatic N) is 1. The van der Waals surface area contributed by atoms with Gasteiger partial charge in [-0.1, -0.05) is 0 Å². The molecule has 2 unspecified atom stereocenters. The monoisotopic (exact) mass is 268 g/mol. The summed E-state index contributed by atoms with van der Waals surface area (Å²) >= 11 is 0. The number of carbonyl (C=O) groups excluding carboxylic acids is 1. The summed E-state index contributed by atoms with van der Waals surface area (Å²) in [6.07, 6.45) is -0.370. The Balaban J connectivity index is 2.21. The van der Waals surface area contributed by atoms with E-state index in [4.69, 9.17) is 10.5 Å². The third-order valence-corrected chi connectivity index (χ3v) is 3.07. The van der Waals surface area contributed by atoms with E-state index in [2.05, 4.69) is 0 Å². The number of hydrogen-bond donors (Lipinski definition) is 2. The van der Waals surface area contributed by atoms with Crippen molar-refractivity contribution in [3.8, 4) is 5.75 Å². The number of morpholine rings is 1. The molecule has 6 heteroatoms. The van der Waals surface area contributed by atoms with Gasteiger partial charge in [0.15, 0.2) is 0 Å². The third kappa shape index (κ3) is 3.02. The Labute approximate surface area is 110 Å². The van der Waals surface area contributed by atoms with E-state index in [-0.39, 0.29) is 23.5 Å². The number of amides is 1. The topological polar surface area (TPSA) is 75.8 Å². The second-order valence-electron chi connectivity index (χ2n) is 4.68. The highest BCUT2D eigenvalue weighted by Gasteiger charge is 2.29. The first kappa shape index (κ1) is 13.8. The molecule has 3 N–H and O–H groups in total. The number of benzene rings is 1. The number of carbonyl (C=O) groups is 1. The molecule has 0 saturated carbocycles. The minimum atomic E-state index is -0.558. The Kier molecular flexibility index (Phi) is 4.01. The first-order valence-corrected chi connectivity index (χ1v) is 6.14. The van der Waals surface area contributed by atoms with Gasteiger partial charge in [-0.05, 0) is 25.1 Å². The molecule has 1 heterocycles. The molecule has 104 valence electrons. The van der Waals surface area contributed by atoms with Crippen LogP contribution in [-0.4, -0.2) is 47.8 Å². The summed E-state index contributed by atoms with van der Waals surface area (Å²) in [5.74, 6) is -1.20. The highest BCUT2D eigenvalue weighted by atomic mass is 19.1. The van der Waals surface area contributed by atoms with Gasteiger partial charge in [0.2, 0.25) is 0 Å². The quantitative estimate of drug-likeness (QED) is 0.828. The van der Waals surface area contributed by atoms with Gasteiger partial charge in [0.1, 0.15) is 11.6 Å². The van der Waals surface area contributed by atoms with Crippen LogP contribution in [0.1, 0.15) is 17.3 Å². The van der Waals surface area contributed by atoms with E-state index in [0.717, 1.165) is 12.1 Å². The lowest BCUT2D eigenvalue weighted by atomic mass is 10.1. The zero-order valence-corrected chi connectivity index (χ0v) is 10.7. The first-order valence-electron chi connectivity index (χ1n) is 6.14. The predicted molar refractivity (Wildman–Crippen MR) is 67.4 cm³/mol. The van der Waals surface area contributed by atoms with Crippen LogP contribution in [0.3, 0.4) is 0 Å². The van der Waals surface area contributed by atoms with E-state index in [1.807, 2.05) is 6.92 Å². The van der Waals surface area contributed by atoms with Crippen LogP contribution < -0.4 is 5.73 Å². The van der Waals surface area contributed by atoms with Crippen LogP contribution in [0.25, 0.3) is 0 Å². The molecular weight excluding hydrogens is 251 g/mol. The van der Waals surface area contributed by atoms with Crippen molar-refractivity contribution in [3.05, 3.63) is 29.6 Å². The highest BCUT2D eigenvalue weighted by molar-refractivity contribution is 5.96. The molecule has 1 aromatic rings. The Morgan fingerprint density at radius 2 is 2.32 bits per heavy atom. The lowest BCUT2D eigenvalue weighted by Crippen LogP contribution is -2.51. The highest BCUT2D eigenvalue weighted by Crippen LogP contribution is 2.22. The van der Waals surface area contributed by atoms with Gasteiger partial charge in [-0.2, -0.15) is 0 Å². The number of halogens is 1. The molecule has 2 rings (SSSR count). The van der Waals surface area contributed by atoms with E-state index in [0.29, 0.717) is 19.6 Å². The summed E-state index contributed by atoms with van der Waals surface area (Å²) in [4.78, 5) is 13.8. The number of aromatic hydroxyl groups is 1. The average molecular weight is 268 g/mol. The van der Waals surface area contributed by atoms with Gasteiger partial charge in [-0.3, -0.25) is 4.79 Å². The fraction of sp³-hybridized carbons (Fsp3) is 0.462. The summed E-state index contributed by atoms with van der Waals surface area (Å²) in [6.45, 7) is 2.89. The molecule has 0 bridgehead atoms. The SMILES string of the molecule is CC1CN(C(=O)c2cc(F)ccc2O)CC(CN)O1. The normalized spacial score (nSPS) is 23.4. The van der Waals surface area contributed by atoms with Gasteiger partial charge in [-0.15, -0.1) is 0 Å². The second kappa shape index (κ2) is 5.54. The van der Waals surface area contributed by atoms with Gasteiger partial charge in [0.25, 0.3) is 5.91 Å². The van der Waals surface area contributed by atoms with E-state index in [1.165, 1.54) is 11.0 Å². The fourth-order valence-corrected chi connectivity index (χ4v) is 2.19. The predicted octanol–water partition coefficient (Wildman–Crippen LogP) is 0.720. The van der Waals surface area contributed by atoms with Gasteiger partial charge >= 0.3 is 0 Å². The molecule has 1 fully saturated rings. The molecule has 1 saturated heterocycles. The van der Waals surface area contributed by atoms with Gasteiger partial charge in [-0.25, -0.2) is 4.39 Å². The number of rotatable bonds is 2. The summed E-state index contributed by atoms with van der Waals surface area (Å²) in [5.41, 5.74) is 5.51. The summed E-state index contributed by atoms with van der Waals surface area (Å²) in [7, 11) is 0. The average Bonchev–Trinajstić information content (AvgIpc) is 2.40. The molecule has 5 nitrogen and oxygen atoms in total. The van der Waals surface area contributed by atoms with Crippen LogP contribution >= 0.6 is 0 Å². The molecule has 2 atom stereocenters. The van der Waals surface area contributed by atoms with Crippen molar-refractivity contribution in [2.24, 2.45) is 5.73 Å². The molecule has 0 radical (unpaired) electrons. The van der Waals surface area contributed by atoms with Gasteiger partial charge in [0.05, 0.1) is 17.8 Å². The summed E-state index contributed by atoms with van der Waals surface area (Å²) < 4.78 is 18.7. The van der Waals surface area contributed by atoms with Gasteiger partial charge in [0, 0.05) is 19.6 Å². The molecular formula is C13H17FN2O3. The summed E-state index contributed by atoms with van der Waals surface area (Å²) in [6, 6.07) is 3.32. The fourth-order valence-electron chi connectivity index (χ4n) is 2.19. The third-order valence-electron chi connectivity index (χ3n) is 3.07. The largest absolute Gasteiger partial charge is 0.507 e. The van der Waals surface area contributed by atoms with Crippen molar-refractivity contribution < 1.29 is 19.0 Å².